The number of amides is 2. The molecule has 2 saturated heterocycles. The minimum Gasteiger partial charge on any atom is -0.360 e. The van der Waals surface area contributed by atoms with Gasteiger partial charge in [0, 0.05) is 23.2 Å². The lowest BCUT2D eigenvalue weighted by Crippen LogP contribution is -3.19. The van der Waals surface area contributed by atoms with E-state index in [0.717, 1.165) is 47.5 Å². The molecule has 0 aromatic heterocycles. The number of benzene rings is 3. The molecule has 2 aliphatic rings. The summed E-state index contributed by atoms with van der Waals surface area (Å²) in [5.74, 6) is -0.285. The average molecular weight is 431 g/mol. The summed E-state index contributed by atoms with van der Waals surface area (Å²) >= 11 is 0. The SMILES string of the molecule is O=C1C[C@@H]([NH+]2CCN(c3ccc([N+](=O)[O-])cc3)CC2)C(=O)N1c1cccc2ccccc12. The predicted molar refractivity (Wildman–Crippen MR) is 121 cm³/mol. The van der Waals surface area contributed by atoms with Crippen molar-refractivity contribution in [3.63, 3.8) is 0 Å². The minimum atomic E-state index is -0.406. The van der Waals surface area contributed by atoms with E-state index in [2.05, 4.69) is 4.90 Å². The third-order valence-electron chi connectivity index (χ3n) is 6.48. The molecule has 2 amide bonds. The Bertz CT molecular complexity index is 1200. The number of nitro benzene ring substituents is 1. The van der Waals surface area contributed by atoms with Crippen LogP contribution in [-0.2, 0) is 9.59 Å². The van der Waals surface area contributed by atoms with Crippen LogP contribution in [0.15, 0.2) is 66.7 Å². The number of piperazine rings is 1. The van der Waals surface area contributed by atoms with Crippen molar-refractivity contribution in [2.45, 2.75) is 12.5 Å². The van der Waals surface area contributed by atoms with Gasteiger partial charge in [0.15, 0.2) is 6.04 Å². The Balaban J connectivity index is 1.30. The van der Waals surface area contributed by atoms with Crippen LogP contribution in [0.5, 0.6) is 0 Å². The molecule has 0 bridgehead atoms. The number of quaternary nitrogens is 1. The smallest absolute Gasteiger partial charge is 0.292 e. The maximum atomic E-state index is 13.3. The first-order valence-electron chi connectivity index (χ1n) is 10.7. The summed E-state index contributed by atoms with van der Waals surface area (Å²) in [6, 6.07) is 19.6. The van der Waals surface area contributed by atoms with Crippen molar-refractivity contribution in [2.75, 3.05) is 36.0 Å². The number of rotatable bonds is 4. The van der Waals surface area contributed by atoms with Gasteiger partial charge in [0.05, 0.1) is 43.2 Å². The van der Waals surface area contributed by atoms with Gasteiger partial charge in [-0.3, -0.25) is 19.7 Å². The van der Waals surface area contributed by atoms with E-state index < -0.39 is 4.92 Å². The standard InChI is InChI=1S/C24H22N4O4/c29-23-16-22(24(30)27(23)21-7-3-5-17-4-1-2-6-20(17)21)26-14-12-25(13-15-26)18-8-10-19(11-9-18)28(31)32/h1-11,22H,12-16H2/p+1/t22-/m1/s1. The van der Waals surface area contributed by atoms with Crippen LogP contribution >= 0.6 is 0 Å². The number of nitrogens with one attached hydrogen (secondary N) is 1. The molecular formula is C24H23N4O4+. The van der Waals surface area contributed by atoms with Crippen LogP contribution in [0.25, 0.3) is 10.8 Å². The van der Waals surface area contributed by atoms with Gasteiger partial charge >= 0.3 is 0 Å². The van der Waals surface area contributed by atoms with E-state index in [9.17, 15) is 19.7 Å². The molecule has 32 heavy (non-hydrogen) atoms. The highest BCUT2D eigenvalue weighted by Crippen LogP contribution is 2.30. The predicted octanol–water partition coefficient (Wildman–Crippen LogP) is 1.79. The molecule has 1 N–H and O–H groups in total. The van der Waals surface area contributed by atoms with Crippen LogP contribution < -0.4 is 14.7 Å². The molecule has 2 heterocycles. The monoisotopic (exact) mass is 431 g/mol. The van der Waals surface area contributed by atoms with E-state index in [4.69, 9.17) is 0 Å². The van der Waals surface area contributed by atoms with Crippen LogP contribution in [0.2, 0.25) is 0 Å². The molecule has 0 spiro atoms. The molecule has 3 aromatic carbocycles. The van der Waals surface area contributed by atoms with Crippen molar-refractivity contribution in [3.05, 3.63) is 76.8 Å². The minimum absolute atomic E-state index is 0.0709. The molecule has 162 valence electrons. The summed E-state index contributed by atoms with van der Waals surface area (Å²) in [7, 11) is 0. The Kier molecular flexibility index (Phi) is 5.07. The fraction of sp³-hybridized carbons (Fsp3) is 0.250. The van der Waals surface area contributed by atoms with Crippen LogP contribution in [-0.4, -0.2) is 49.0 Å². The van der Waals surface area contributed by atoms with Gasteiger partial charge < -0.3 is 9.80 Å². The maximum absolute atomic E-state index is 13.3. The van der Waals surface area contributed by atoms with Gasteiger partial charge in [0.25, 0.3) is 11.6 Å². The molecular weight excluding hydrogens is 408 g/mol. The lowest BCUT2D eigenvalue weighted by atomic mass is 10.1. The number of hydrogen-bond donors (Lipinski definition) is 1. The largest absolute Gasteiger partial charge is 0.360 e. The average Bonchev–Trinajstić information content (AvgIpc) is 3.12. The van der Waals surface area contributed by atoms with Crippen molar-refractivity contribution in [1.82, 2.24) is 0 Å². The van der Waals surface area contributed by atoms with Crippen molar-refractivity contribution in [1.29, 1.82) is 0 Å². The van der Waals surface area contributed by atoms with Crippen LogP contribution in [0.3, 0.4) is 0 Å². The first-order chi connectivity index (χ1) is 15.5. The van der Waals surface area contributed by atoms with Gasteiger partial charge in [0.1, 0.15) is 0 Å². The Labute approximate surface area is 184 Å². The number of hydrogen-bond acceptors (Lipinski definition) is 5. The molecule has 5 rings (SSSR count). The zero-order chi connectivity index (χ0) is 22.2. The highest BCUT2D eigenvalue weighted by molar-refractivity contribution is 6.24. The van der Waals surface area contributed by atoms with Crippen molar-refractivity contribution < 1.29 is 19.4 Å². The summed E-state index contributed by atoms with van der Waals surface area (Å²) in [5, 5.41) is 12.8. The highest BCUT2D eigenvalue weighted by atomic mass is 16.6. The Morgan fingerprint density at radius 3 is 2.31 bits per heavy atom. The van der Waals surface area contributed by atoms with E-state index in [0.29, 0.717) is 5.69 Å². The molecule has 0 saturated carbocycles. The van der Waals surface area contributed by atoms with Crippen molar-refractivity contribution in [2.24, 2.45) is 0 Å². The highest BCUT2D eigenvalue weighted by Gasteiger charge is 2.46. The zero-order valence-electron chi connectivity index (χ0n) is 17.4. The summed E-state index contributed by atoms with van der Waals surface area (Å²) in [6.45, 7) is 2.90. The number of carbonyl (C=O) groups is 2. The van der Waals surface area contributed by atoms with Crippen molar-refractivity contribution in [3.8, 4) is 0 Å². The van der Waals surface area contributed by atoms with Crippen molar-refractivity contribution >= 4 is 39.6 Å². The number of non-ortho nitro benzene ring substituents is 1. The number of anilines is 2. The molecule has 2 aliphatic heterocycles. The Morgan fingerprint density at radius 1 is 0.906 bits per heavy atom. The van der Waals surface area contributed by atoms with E-state index in [1.807, 2.05) is 42.5 Å². The summed E-state index contributed by atoms with van der Waals surface area (Å²) in [4.78, 5) is 41.3. The van der Waals surface area contributed by atoms with Crippen LogP contribution in [0, 0.1) is 10.1 Å². The van der Waals surface area contributed by atoms with Gasteiger partial charge in [-0.2, -0.15) is 0 Å². The summed E-state index contributed by atoms with van der Waals surface area (Å²) in [6.07, 6.45) is 0.217. The number of nitro groups is 1. The molecule has 0 unspecified atom stereocenters. The fourth-order valence-corrected chi connectivity index (χ4v) is 4.79. The van der Waals surface area contributed by atoms with Gasteiger partial charge in [-0.05, 0) is 23.6 Å². The third-order valence-corrected chi connectivity index (χ3v) is 6.48. The normalized spacial score (nSPS) is 19.7. The van der Waals surface area contributed by atoms with E-state index in [1.165, 1.54) is 17.0 Å². The molecule has 0 radical (unpaired) electrons. The molecule has 2 fully saturated rings. The summed E-state index contributed by atoms with van der Waals surface area (Å²) < 4.78 is 0. The number of nitrogens with zero attached hydrogens (tertiary/aromatic N) is 3. The van der Waals surface area contributed by atoms with Crippen LogP contribution in [0.1, 0.15) is 6.42 Å². The van der Waals surface area contributed by atoms with Gasteiger partial charge in [-0.25, -0.2) is 4.90 Å². The van der Waals surface area contributed by atoms with Gasteiger partial charge in [0.2, 0.25) is 5.91 Å². The van der Waals surface area contributed by atoms with Crippen LogP contribution in [0.4, 0.5) is 17.1 Å². The van der Waals surface area contributed by atoms with Gasteiger partial charge in [-0.1, -0.05) is 36.4 Å². The topological polar surface area (TPSA) is 88.2 Å². The maximum Gasteiger partial charge on any atom is 0.292 e. The number of fused-ring (bicyclic) bond motifs is 1. The Morgan fingerprint density at radius 2 is 1.59 bits per heavy atom. The Hall–Kier alpha value is -3.78. The fourth-order valence-electron chi connectivity index (χ4n) is 4.79. The number of imide groups is 1. The first kappa shape index (κ1) is 20.1. The summed E-state index contributed by atoms with van der Waals surface area (Å²) in [5.41, 5.74) is 1.66. The zero-order valence-corrected chi connectivity index (χ0v) is 17.4. The van der Waals surface area contributed by atoms with E-state index in [1.54, 1.807) is 12.1 Å². The third kappa shape index (κ3) is 3.48. The second-order valence-corrected chi connectivity index (χ2v) is 8.24. The molecule has 1 atom stereocenters. The molecule has 0 aliphatic carbocycles. The number of carbonyl (C=O) groups excluding carboxylic acids is 2. The lowest BCUT2D eigenvalue weighted by molar-refractivity contribution is -0.915. The van der Waals surface area contributed by atoms with Gasteiger partial charge in [-0.15, -0.1) is 0 Å². The molecule has 3 aromatic rings. The molecule has 8 nitrogen and oxygen atoms in total. The second kappa shape index (κ2) is 8.05. The van der Waals surface area contributed by atoms with E-state index >= 15 is 0 Å². The lowest BCUT2D eigenvalue weighted by Gasteiger charge is -2.35. The quantitative estimate of drug-likeness (QED) is 0.387. The first-order valence-corrected chi connectivity index (χ1v) is 10.7. The molecule has 8 heteroatoms. The van der Waals surface area contributed by atoms with E-state index in [-0.39, 0.29) is 30.0 Å². The second-order valence-electron chi connectivity index (χ2n) is 8.24.